The van der Waals surface area contributed by atoms with Crippen molar-refractivity contribution in [3.05, 3.63) is 69.0 Å². The van der Waals surface area contributed by atoms with Gasteiger partial charge in [-0.1, -0.05) is 18.2 Å². The van der Waals surface area contributed by atoms with E-state index in [-0.39, 0.29) is 22.8 Å². The largest absolute Gasteiger partial charge is 0.440 e. The molecular weight excluding hydrogens is 360 g/mol. The van der Waals surface area contributed by atoms with Gasteiger partial charge in [0.15, 0.2) is 5.41 Å². The number of nitrogens with one attached hydrogen (secondary N) is 1. The Morgan fingerprint density at radius 3 is 2.82 bits per heavy atom. The number of hydrogen-bond donors (Lipinski definition) is 2. The molecule has 0 fully saturated rings. The van der Waals surface area contributed by atoms with E-state index in [1.165, 1.54) is 4.57 Å². The number of rotatable bonds is 3. The van der Waals surface area contributed by atoms with Crippen molar-refractivity contribution in [2.75, 3.05) is 19.0 Å². The SMILES string of the molecule is COCCn1c(C)cc2c(c1=O)C1(C(=O)Nc3ccccc31)C(C#N)=C(N)O2. The number of carbonyl (C=O) groups is 1. The van der Waals surface area contributed by atoms with Crippen LogP contribution in [-0.4, -0.2) is 24.2 Å². The van der Waals surface area contributed by atoms with Gasteiger partial charge in [0.25, 0.3) is 5.56 Å². The first kappa shape index (κ1) is 17.8. The predicted molar refractivity (Wildman–Crippen MR) is 101 cm³/mol. The maximum atomic E-state index is 13.5. The number of nitrogens with zero attached hydrogens (tertiary/aromatic N) is 2. The van der Waals surface area contributed by atoms with E-state index < -0.39 is 16.9 Å². The summed E-state index contributed by atoms with van der Waals surface area (Å²) in [7, 11) is 1.54. The molecule has 3 heterocycles. The zero-order valence-corrected chi connectivity index (χ0v) is 15.4. The number of fused-ring (bicyclic) bond motifs is 4. The molecule has 2 aliphatic rings. The first-order chi connectivity index (χ1) is 13.5. The molecule has 4 rings (SSSR count). The van der Waals surface area contributed by atoms with Crippen molar-refractivity contribution in [2.24, 2.45) is 5.73 Å². The van der Waals surface area contributed by atoms with Gasteiger partial charge in [-0.2, -0.15) is 5.26 Å². The molecule has 142 valence electrons. The minimum Gasteiger partial charge on any atom is -0.440 e. The van der Waals surface area contributed by atoms with E-state index in [0.29, 0.717) is 30.1 Å². The second kappa shape index (κ2) is 6.25. The topological polar surface area (TPSA) is 119 Å². The monoisotopic (exact) mass is 378 g/mol. The van der Waals surface area contributed by atoms with Crippen LogP contribution < -0.4 is 21.3 Å². The maximum absolute atomic E-state index is 13.5. The first-order valence-corrected chi connectivity index (χ1v) is 8.69. The minimum absolute atomic E-state index is 0.0856. The number of carbonyl (C=O) groups excluding carboxylic acids is 1. The molecule has 0 saturated heterocycles. The standard InChI is InChI=1S/C20H18N4O4/c1-11-9-15-16(18(25)24(11)7-8-27-2)20(13(10-21)17(22)28-15)12-5-3-4-6-14(12)23-19(20)26/h3-6,9H,7-8,22H2,1-2H3,(H,23,26). The van der Waals surface area contributed by atoms with E-state index in [9.17, 15) is 14.9 Å². The molecule has 8 heteroatoms. The number of benzene rings is 1. The fourth-order valence-corrected chi connectivity index (χ4v) is 4.00. The highest BCUT2D eigenvalue weighted by molar-refractivity contribution is 6.12. The lowest BCUT2D eigenvalue weighted by Crippen LogP contribution is -2.47. The van der Waals surface area contributed by atoms with Crippen molar-refractivity contribution >= 4 is 11.6 Å². The van der Waals surface area contributed by atoms with Crippen LogP contribution in [-0.2, 0) is 21.5 Å². The van der Waals surface area contributed by atoms with Gasteiger partial charge in [-0.3, -0.25) is 9.59 Å². The normalized spacial score (nSPS) is 19.7. The molecule has 0 saturated carbocycles. The lowest BCUT2D eigenvalue weighted by atomic mass is 9.69. The Labute approximate surface area is 160 Å². The molecular formula is C20H18N4O4. The summed E-state index contributed by atoms with van der Waals surface area (Å²) in [6, 6.07) is 10.6. The van der Waals surface area contributed by atoms with Crippen molar-refractivity contribution in [2.45, 2.75) is 18.9 Å². The average molecular weight is 378 g/mol. The Bertz CT molecular complexity index is 1140. The minimum atomic E-state index is -1.65. The summed E-state index contributed by atoms with van der Waals surface area (Å²) in [5.41, 5.74) is 5.61. The Morgan fingerprint density at radius 1 is 1.36 bits per heavy atom. The van der Waals surface area contributed by atoms with E-state index in [2.05, 4.69) is 5.32 Å². The van der Waals surface area contributed by atoms with Crippen molar-refractivity contribution in [1.29, 1.82) is 5.26 Å². The molecule has 8 nitrogen and oxygen atoms in total. The highest BCUT2D eigenvalue weighted by atomic mass is 16.5. The zero-order chi connectivity index (χ0) is 20.1. The Hall–Kier alpha value is -3.57. The zero-order valence-electron chi connectivity index (χ0n) is 15.4. The molecule has 1 spiro atoms. The molecule has 2 aromatic rings. The van der Waals surface area contributed by atoms with Crippen LogP contribution in [0.25, 0.3) is 0 Å². The second-order valence-electron chi connectivity index (χ2n) is 6.68. The summed E-state index contributed by atoms with van der Waals surface area (Å²) < 4.78 is 12.2. The molecule has 1 aromatic heterocycles. The maximum Gasteiger partial charge on any atom is 0.259 e. The highest BCUT2D eigenvalue weighted by Crippen LogP contribution is 2.51. The number of pyridine rings is 1. The Balaban J connectivity index is 2.13. The number of methoxy groups -OCH3 is 1. The van der Waals surface area contributed by atoms with Gasteiger partial charge in [0.05, 0.1) is 12.2 Å². The van der Waals surface area contributed by atoms with Crippen molar-refractivity contribution < 1.29 is 14.3 Å². The van der Waals surface area contributed by atoms with Gasteiger partial charge in [0.2, 0.25) is 11.8 Å². The molecule has 1 unspecified atom stereocenters. The summed E-state index contributed by atoms with van der Waals surface area (Å²) in [6.07, 6.45) is 0. The van der Waals surface area contributed by atoms with Gasteiger partial charge in [0, 0.05) is 36.7 Å². The Morgan fingerprint density at radius 2 is 2.11 bits per heavy atom. The van der Waals surface area contributed by atoms with Crippen LogP contribution in [0.4, 0.5) is 5.69 Å². The third kappa shape index (κ3) is 2.14. The quantitative estimate of drug-likeness (QED) is 0.826. The van der Waals surface area contributed by atoms with Crippen molar-refractivity contribution in [1.82, 2.24) is 4.57 Å². The number of aryl methyl sites for hydroxylation is 1. The van der Waals surface area contributed by atoms with Crippen LogP contribution in [0.15, 0.2) is 46.6 Å². The number of hydrogen-bond acceptors (Lipinski definition) is 6. The number of ether oxygens (including phenoxy) is 2. The summed E-state index contributed by atoms with van der Waals surface area (Å²) in [5.74, 6) is -0.508. The number of nitriles is 1. The van der Waals surface area contributed by atoms with Gasteiger partial charge in [0.1, 0.15) is 17.4 Å². The fraction of sp³-hybridized carbons (Fsp3) is 0.250. The number of anilines is 1. The van der Waals surface area contributed by atoms with Gasteiger partial charge in [-0.15, -0.1) is 0 Å². The number of aromatic nitrogens is 1. The van der Waals surface area contributed by atoms with Crippen LogP contribution in [0.1, 0.15) is 16.8 Å². The molecule has 0 aliphatic carbocycles. The lowest BCUT2D eigenvalue weighted by molar-refractivity contribution is -0.118. The number of para-hydroxylation sites is 1. The van der Waals surface area contributed by atoms with Crippen LogP contribution in [0.2, 0.25) is 0 Å². The van der Waals surface area contributed by atoms with Crippen LogP contribution in [0.5, 0.6) is 5.75 Å². The van der Waals surface area contributed by atoms with E-state index in [1.54, 1.807) is 44.4 Å². The highest BCUT2D eigenvalue weighted by Gasteiger charge is 2.58. The molecule has 1 atom stereocenters. The van der Waals surface area contributed by atoms with E-state index in [0.717, 1.165) is 0 Å². The lowest BCUT2D eigenvalue weighted by Gasteiger charge is -2.33. The summed E-state index contributed by atoms with van der Waals surface area (Å²) in [4.78, 5) is 26.8. The van der Waals surface area contributed by atoms with Gasteiger partial charge in [-0.05, 0) is 13.0 Å². The van der Waals surface area contributed by atoms with Crippen molar-refractivity contribution in [3.8, 4) is 11.8 Å². The van der Waals surface area contributed by atoms with E-state index in [1.807, 2.05) is 6.07 Å². The Kier molecular flexibility index (Phi) is 3.98. The molecule has 2 aliphatic heterocycles. The van der Waals surface area contributed by atoms with E-state index in [4.69, 9.17) is 15.2 Å². The summed E-state index contributed by atoms with van der Waals surface area (Å²) in [6.45, 7) is 2.38. The summed E-state index contributed by atoms with van der Waals surface area (Å²) in [5, 5.41) is 12.6. The molecule has 3 N–H and O–H groups in total. The van der Waals surface area contributed by atoms with Crippen molar-refractivity contribution in [3.63, 3.8) is 0 Å². The average Bonchev–Trinajstić information content (AvgIpc) is 2.94. The van der Waals surface area contributed by atoms with Crippen LogP contribution >= 0.6 is 0 Å². The molecule has 1 amide bonds. The number of nitrogens with two attached hydrogens (primary N) is 1. The number of amides is 1. The van der Waals surface area contributed by atoms with Crippen LogP contribution in [0.3, 0.4) is 0 Å². The second-order valence-corrected chi connectivity index (χ2v) is 6.68. The third-order valence-electron chi connectivity index (χ3n) is 5.24. The van der Waals surface area contributed by atoms with Gasteiger partial charge >= 0.3 is 0 Å². The first-order valence-electron chi connectivity index (χ1n) is 8.69. The smallest absolute Gasteiger partial charge is 0.259 e. The third-order valence-corrected chi connectivity index (χ3v) is 5.24. The molecule has 28 heavy (non-hydrogen) atoms. The predicted octanol–water partition coefficient (Wildman–Crippen LogP) is 1.13. The fourth-order valence-electron chi connectivity index (χ4n) is 4.00. The van der Waals surface area contributed by atoms with Gasteiger partial charge < -0.3 is 25.1 Å². The molecule has 0 bridgehead atoms. The van der Waals surface area contributed by atoms with E-state index >= 15 is 0 Å². The summed E-state index contributed by atoms with van der Waals surface area (Å²) >= 11 is 0. The van der Waals surface area contributed by atoms with Gasteiger partial charge in [-0.25, -0.2) is 0 Å². The molecule has 0 radical (unpaired) electrons. The van der Waals surface area contributed by atoms with Crippen LogP contribution in [0, 0.1) is 18.3 Å². The molecule has 1 aromatic carbocycles.